The van der Waals surface area contributed by atoms with Crippen molar-refractivity contribution in [2.24, 2.45) is 11.3 Å². The fraction of sp³-hybridized carbons (Fsp3) is 0.500. The van der Waals surface area contributed by atoms with Gasteiger partial charge in [-0.3, -0.25) is 4.79 Å². The van der Waals surface area contributed by atoms with Gasteiger partial charge in [0.2, 0.25) is 5.91 Å². The standard InChI is InChI=1S/C16H21NO3S/c1-16(2)8-3-4-12(16)15(20)17-10-13-11(7-9-21-13)5-6-14(18)19/h5-7,9,12H,3-4,8,10H2,1-2H3,(H,17,20)(H,18,19)/b6-5+. The van der Waals surface area contributed by atoms with Gasteiger partial charge in [0, 0.05) is 16.9 Å². The van der Waals surface area contributed by atoms with Crippen molar-refractivity contribution in [3.63, 3.8) is 0 Å². The van der Waals surface area contributed by atoms with Crippen LogP contribution in [-0.2, 0) is 16.1 Å². The molecule has 114 valence electrons. The van der Waals surface area contributed by atoms with E-state index in [-0.39, 0.29) is 17.2 Å². The summed E-state index contributed by atoms with van der Waals surface area (Å²) in [6.45, 7) is 4.76. The molecule has 1 unspecified atom stereocenters. The number of nitrogens with one attached hydrogen (secondary N) is 1. The Bertz CT molecular complexity index is 560. The Morgan fingerprint density at radius 1 is 1.52 bits per heavy atom. The van der Waals surface area contributed by atoms with Gasteiger partial charge in [-0.25, -0.2) is 4.79 Å². The Morgan fingerprint density at radius 2 is 2.29 bits per heavy atom. The van der Waals surface area contributed by atoms with E-state index < -0.39 is 5.97 Å². The van der Waals surface area contributed by atoms with Gasteiger partial charge < -0.3 is 10.4 Å². The van der Waals surface area contributed by atoms with E-state index >= 15 is 0 Å². The first-order valence-corrected chi connectivity index (χ1v) is 8.03. The summed E-state index contributed by atoms with van der Waals surface area (Å²) in [6, 6.07) is 1.87. The van der Waals surface area contributed by atoms with Crippen LogP contribution in [0.25, 0.3) is 6.08 Å². The summed E-state index contributed by atoms with van der Waals surface area (Å²) < 4.78 is 0. The van der Waals surface area contributed by atoms with Crippen molar-refractivity contribution in [3.05, 3.63) is 28.0 Å². The maximum absolute atomic E-state index is 12.3. The van der Waals surface area contributed by atoms with Crippen LogP contribution in [0.5, 0.6) is 0 Å². The molecular formula is C16H21NO3S. The SMILES string of the molecule is CC1(C)CCCC1C(=O)NCc1sccc1/C=C/C(=O)O. The average Bonchev–Trinajstić information content (AvgIpc) is 2.99. The van der Waals surface area contributed by atoms with Crippen molar-refractivity contribution in [1.29, 1.82) is 0 Å². The van der Waals surface area contributed by atoms with Crippen molar-refractivity contribution in [2.75, 3.05) is 0 Å². The topological polar surface area (TPSA) is 66.4 Å². The molecule has 0 aromatic carbocycles. The van der Waals surface area contributed by atoms with Crippen molar-refractivity contribution in [2.45, 2.75) is 39.7 Å². The summed E-state index contributed by atoms with van der Waals surface area (Å²) in [5.41, 5.74) is 0.930. The second-order valence-corrected chi connectivity index (χ2v) is 7.12. The number of carboxylic acid groups (broad SMARTS) is 1. The molecule has 1 amide bonds. The van der Waals surface area contributed by atoms with Crippen LogP contribution in [0.15, 0.2) is 17.5 Å². The molecule has 0 aliphatic heterocycles. The predicted molar refractivity (Wildman–Crippen MR) is 84.0 cm³/mol. The van der Waals surface area contributed by atoms with E-state index in [9.17, 15) is 9.59 Å². The smallest absolute Gasteiger partial charge is 0.328 e. The third kappa shape index (κ3) is 3.94. The lowest BCUT2D eigenvalue weighted by Gasteiger charge is -2.25. The number of amides is 1. The Morgan fingerprint density at radius 3 is 2.90 bits per heavy atom. The third-order valence-corrected chi connectivity index (χ3v) is 5.12. The average molecular weight is 307 g/mol. The normalized spacial score (nSPS) is 20.8. The van der Waals surface area contributed by atoms with Crippen molar-refractivity contribution < 1.29 is 14.7 Å². The zero-order valence-electron chi connectivity index (χ0n) is 12.4. The number of rotatable bonds is 5. The summed E-state index contributed by atoms with van der Waals surface area (Å²) >= 11 is 1.53. The number of carboxylic acids is 1. The van der Waals surface area contributed by atoms with Gasteiger partial charge >= 0.3 is 5.97 Å². The van der Waals surface area contributed by atoms with Crippen LogP contribution >= 0.6 is 11.3 Å². The molecule has 1 atom stereocenters. The molecule has 1 aliphatic rings. The second-order valence-electron chi connectivity index (χ2n) is 6.12. The summed E-state index contributed by atoms with van der Waals surface area (Å²) in [5.74, 6) is -0.779. The highest BCUT2D eigenvalue weighted by molar-refractivity contribution is 7.10. The van der Waals surface area contributed by atoms with E-state index in [0.29, 0.717) is 6.54 Å². The summed E-state index contributed by atoms with van der Waals surface area (Å²) in [5, 5.41) is 13.6. The van der Waals surface area contributed by atoms with Crippen LogP contribution in [0.4, 0.5) is 0 Å². The molecule has 0 radical (unpaired) electrons. The van der Waals surface area contributed by atoms with Crippen LogP contribution in [0.1, 0.15) is 43.6 Å². The predicted octanol–water partition coefficient (Wildman–Crippen LogP) is 3.29. The number of aliphatic carboxylic acids is 1. The molecule has 2 rings (SSSR count). The van der Waals surface area contributed by atoms with E-state index in [1.165, 1.54) is 11.3 Å². The number of thiophene rings is 1. The zero-order chi connectivity index (χ0) is 15.5. The molecule has 21 heavy (non-hydrogen) atoms. The van der Waals surface area contributed by atoms with Gasteiger partial charge in [0.15, 0.2) is 0 Å². The summed E-state index contributed by atoms with van der Waals surface area (Å²) in [4.78, 5) is 23.9. The molecule has 5 heteroatoms. The van der Waals surface area contributed by atoms with Gasteiger partial charge in [-0.15, -0.1) is 11.3 Å². The second kappa shape index (κ2) is 6.43. The summed E-state index contributed by atoms with van der Waals surface area (Å²) in [7, 11) is 0. The van der Waals surface area contributed by atoms with E-state index in [1.807, 2.05) is 11.4 Å². The first-order valence-electron chi connectivity index (χ1n) is 7.15. The highest BCUT2D eigenvalue weighted by Gasteiger charge is 2.39. The molecule has 1 aliphatic carbocycles. The molecule has 0 saturated heterocycles. The molecule has 0 bridgehead atoms. The highest BCUT2D eigenvalue weighted by atomic mass is 32.1. The number of carbonyl (C=O) groups excluding carboxylic acids is 1. The lowest BCUT2D eigenvalue weighted by Crippen LogP contribution is -2.35. The minimum absolute atomic E-state index is 0.0750. The minimum atomic E-state index is -0.969. The number of carbonyl (C=O) groups is 2. The largest absolute Gasteiger partial charge is 0.478 e. The quantitative estimate of drug-likeness (QED) is 0.820. The van der Waals surface area contributed by atoms with Crippen LogP contribution in [0, 0.1) is 11.3 Å². The highest BCUT2D eigenvalue weighted by Crippen LogP contribution is 2.42. The van der Waals surface area contributed by atoms with Gasteiger partial charge in [-0.1, -0.05) is 20.3 Å². The van der Waals surface area contributed by atoms with Crippen LogP contribution < -0.4 is 5.32 Å². The van der Waals surface area contributed by atoms with Crippen LogP contribution in [-0.4, -0.2) is 17.0 Å². The fourth-order valence-corrected chi connectivity index (χ4v) is 3.71. The van der Waals surface area contributed by atoms with Crippen LogP contribution in [0.2, 0.25) is 0 Å². The van der Waals surface area contributed by atoms with E-state index in [2.05, 4.69) is 19.2 Å². The molecule has 4 nitrogen and oxygen atoms in total. The number of hydrogen-bond donors (Lipinski definition) is 2. The van der Waals surface area contributed by atoms with Crippen molar-refractivity contribution >= 4 is 29.3 Å². The molecule has 1 saturated carbocycles. The maximum Gasteiger partial charge on any atom is 0.328 e. The molecule has 2 N–H and O–H groups in total. The molecule has 1 fully saturated rings. The first-order chi connectivity index (χ1) is 9.90. The zero-order valence-corrected chi connectivity index (χ0v) is 13.2. The van der Waals surface area contributed by atoms with E-state index in [0.717, 1.165) is 35.8 Å². The molecule has 0 spiro atoms. The Kier molecular flexibility index (Phi) is 4.83. The fourth-order valence-electron chi connectivity index (χ4n) is 2.91. The first kappa shape index (κ1) is 15.8. The Labute approximate surface area is 128 Å². The number of hydrogen-bond acceptors (Lipinski definition) is 3. The minimum Gasteiger partial charge on any atom is -0.478 e. The van der Waals surface area contributed by atoms with E-state index in [4.69, 9.17) is 5.11 Å². The Hall–Kier alpha value is -1.62. The van der Waals surface area contributed by atoms with Gasteiger partial charge in [-0.05, 0) is 41.3 Å². The third-order valence-electron chi connectivity index (χ3n) is 4.18. The molecule has 1 aromatic heterocycles. The van der Waals surface area contributed by atoms with Crippen LogP contribution in [0.3, 0.4) is 0 Å². The monoisotopic (exact) mass is 307 g/mol. The molecule has 1 heterocycles. The van der Waals surface area contributed by atoms with Gasteiger partial charge in [-0.2, -0.15) is 0 Å². The van der Waals surface area contributed by atoms with Gasteiger partial charge in [0.1, 0.15) is 0 Å². The Balaban J connectivity index is 1.96. The molecular weight excluding hydrogens is 286 g/mol. The van der Waals surface area contributed by atoms with E-state index in [1.54, 1.807) is 6.08 Å². The molecule has 1 aromatic rings. The van der Waals surface area contributed by atoms with Crippen molar-refractivity contribution in [1.82, 2.24) is 5.32 Å². The summed E-state index contributed by atoms with van der Waals surface area (Å²) in [6.07, 6.45) is 5.84. The van der Waals surface area contributed by atoms with Crippen molar-refractivity contribution in [3.8, 4) is 0 Å². The lowest BCUT2D eigenvalue weighted by atomic mass is 9.81. The van der Waals surface area contributed by atoms with Gasteiger partial charge in [0.05, 0.1) is 6.54 Å². The maximum atomic E-state index is 12.3. The van der Waals surface area contributed by atoms with Gasteiger partial charge in [0.25, 0.3) is 0 Å². The lowest BCUT2D eigenvalue weighted by molar-refractivity contribution is -0.131.